The van der Waals surface area contributed by atoms with Gasteiger partial charge >= 0.3 is 0 Å². The van der Waals surface area contributed by atoms with Gasteiger partial charge in [-0.2, -0.15) is 5.10 Å². The topological polar surface area (TPSA) is 71.5 Å². The first kappa shape index (κ1) is 15.0. The second-order valence-electron chi connectivity index (χ2n) is 6.13. The van der Waals surface area contributed by atoms with Crippen LogP contribution < -0.4 is 4.90 Å². The van der Waals surface area contributed by atoms with Gasteiger partial charge in [-0.05, 0) is 31.2 Å². The Labute approximate surface area is 140 Å². The molecule has 0 spiro atoms. The lowest BCUT2D eigenvalue weighted by molar-refractivity contribution is 0.0298. The van der Waals surface area contributed by atoms with E-state index in [-0.39, 0.29) is 18.1 Å². The standard InChI is InChI=1S/C17H19N5O2/c1-12-5-6-16(20-19-12)22-8-9-24-15-11-21(10-14(15)22)17(23)13-4-2-3-7-18-13/h2-7,14-15H,8-11H2,1H3/t14-,15+/m1/s1. The monoisotopic (exact) mass is 325 g/mol. The molecule has 2 atom stereocenters. The van der Waals surface area contributed by atoms with E-state index in [0.29, 0.717) is 25.4 Å². The molecular weight excluding hydrogens is 306 g/mol. The number of aryl methyl sites for hydroxylation is 1. The molecular formula is C17H19N5O2. The van der Waals surface area contributed by atoms with Crippen molar-refractivity contribution in [2.24, 2.45) is 0 Å². The third-order valence-corrected chi connectivity index (χ3v) is 4.55. The van der Waals surface area contributed by atoms with E-state index >= 15 is 0 Å². The molecule has 4 heterocycles. The summed E-state index contributed by atoms with van der Waals surface area (Å²) in [5, 5.41) is 8.44. The quantitative estimate of drug-likeness (QED) is 0.817. The van der Waals surface area contributed by atoms with Crippen LogP contribution in [0.15, 0.2) is 36.5 Å². The van der Waals surface area contributed by atoms with E-state index in [0.717, 1.165) is 18.1 Å². The Kier molecular flexibility index (Phi) is 3.86. The van der Waals surface area contributed by atoms with Gasteiger partial charge in [0.2, 0.25) is 0 Å². The summed E-state index contributed by atoms with van der Waals surface area (Å²) in [5.41, 5.74) is 1.36. The summed E-state index contributed by atoms with van der Waals surface area (Å²) in [4.78, 5) is 20.8. The van der Waals surface area contributed by atoms with Crippen LogP contribution in [-0.4, -0.2) is 64.4 Å². The Morgan fingerprint density at radius 2 is 2.12 bits per heavy atom. The maximum atomic E-state index is 12.6. The van der Waals surface area contributed by atoms with Crippen molar-refractivity contribution < 1.29 is 9.53 Å². The molecule has 7 nitrogen and oxygen atoms in total. The number of rotatable bonds is 2. The first-order chi connectivity index (χ1) is 11.7. The molecule has 24 heavy (non-hydrogen) atoms. The lowest BCUT2D eigenvalue weighted by atomic mass is 10.1. The molecule has 4 rings (SSSR count). The number of carbonyl (C=O) groups excluding carboxylic acids is 1. The van der Waals surface area contributed by atoms with Crippen molar-refractivity contribution in [3.05, 3.63) is 47.9 Å². The zero-order valence-electron chi connectivity index (χ0n) is 13.5. The number of hydrogen-bond acceptors (Lipinski definition) is 6. The third-order valence-electron chi connectivity index (χ3n) is 4.55. The van der Waals surface area contributed by atoms with Gasteiger partial charge < -0.3 is 14.5 Å². The van der Waals surface area contributed by atoms with Crippen LogP contribution in [0.5, 0.6) is 0 Å². The maximum Gasteiger partial charge on any atom is 0.272 e. The molecule has 0 unspecified atom stereocenters. The first-order valence-electron chi connectivity index (χ1n) is 8.11. The smallest absolute Gasteiger partial charge is 0.272 e. The Morgan fingerprint density at radius 3 is 2.88 bits per heavy atom. The molecule has 2 fully saturated rings. The molecule has 2 aliphatic heterocycles. The molecule has 0 aliphatic carbocycles. The van der Waals surface area contributed by atoms with E-state index < -0.39 is 0 Å². The summed E-state index contributed by atoms with van der Waals surface area (Å²) in [7, 11) is 0. The molecule has 2 aromatic rings. The second-order valence-corrected chi connectivity index (χ2v) is 6.13. The number of likely N-dealkylation sites (tertiary alicyclic amines) is 1. The third kappa shape index (κ3) is 2.71. The molecule has 2 saturated heterocycles. The van der Waals surface area contributed by atoms with Crippen LogP contribution in [0.4, 0.5) is 5.82 Å². The molecule has 2 aliphatic rings. The number of ether oxygens (including phenoxy) is 1. The van der Waals surface area contributed by atoms with Gasteiger partial charge in [0.25, 0.3) is 5.91 Å². The van der Waals surface area contributed by atoms with Crippen molar-refractivity contribution in [1.82, 2.24) is 20.1 Å². The molecule has 2 aromatic heterocycles. The lowest BCUT2D eigenvalue weighted by Crippen LogP contribution is -2.51. The van der Waals surface area contributed by atoms with E-state index in [1.807, 2.05) is 30.0 Å². The number of morpholine rings is 1. The first-order valence-corrected chi connectivity index (χ1v) is 8.11. The number of pyridine rings is 1. The van der Waals surface area contributed by atoms with Gasteiger partial charge in [-0.3, -0.25) is 9.78 Å². The number of nitrogens with zero attached hydrogens (tertiary/aromatic N) is 5. The van der Waals surface area contributed by atoms with Crippen LogP contribution in [0.25, 0.3) is 0 Å². The summed E-state index contributed by atoms with van der Waals surface area (Å²) in [6.07, 6.45) is 1.63. The number of carbonyl (C=O) groups is 1. The van der Waals surface area contributed by atoms with Crippen LogP contribution in [0.1, 0.15) is 16.2 Å². The van der Waals surface area contributed by atoms with Crippen molar-refractivity contribution in [2.75, 3.05) is 31.1 Å². The van der Waals surface area contributed by atoms with Gasteiger partial charge in [-0.15, -0.1) is 5.10 Å². The molecule has 0 bridgehead atoms. The summed E-state index contributed by atoms with van der Waals surface area (Å²) in [6.45, 7) is 4.49. The lowest BCUT2D eigenvalue weighted by Gasteiger charge is -2.37. The average molecular weight is 325 g/mol. The molecule has 0 saturated carbocycles. The van der Waals surface area contributed by atoms with Gasteiger partial charge in [-0.1, -0.05) is 6.07 Å². The highest BCUT2D eigenvalue weighted by Gasteiger charge is 2.42. The highest BCUT2D eigenvalue weighted by atomic mass is 16.5. The Bertz CT molecular complexity index is 722. The minimum Gasteiger partial charge on any atom is -0.372 e. The number of anilines is 1. The van der Waals surface area contributed by atoms with Gasteiger partial charge in [0.1, 0.15) is 5.69 Å². The second kappa shape index (κ2) is 6.16. The van der Waals surface area contributed by atoms with Crippen molar-refractivity contribution in [3.8, 4) is 0 Å². The Balaban J connectivity index is 1.54. The van der Waals surface area contributed by atoms with Crippen LogP contribution in [0, 0.1) is 6.92 Å². The van der Waals surface area contributed by atoms with E-state index in [4.69, 9.17) is 4.74 Å². The average Bonchev–Trinajstić information content (AvgIpc) is 3.07. The predicted octanol–water partition coefficient (Wildman–Crippen LogP) is 0.910. The van der Waals surface area contributed by atoms with Crippen molar-refractivity contribution in [2.45, 2.75) is 19.1 Å². The fourth-order valence-electron chi connectivity index (χ4n) is 3.33. The summed E-state index contributed by atoms with van der Waals surface area (Å²) in [6, 6.07) is 9.42. The van der Waals surface area contributed by atoms with E-state index in [9.17, 15) is 4.79 Å². The van der Waals surface area contributed by atoms with E-state index in [1.54, 1.807) is 18.3 Å². The van der Waals surface area contributed by atoms with Crippen LogP contribution in [-0.2, 0) is 4.74 Å². The largest absolute Gasteiger partial charge is 0.372 e. The fourth-order valence-corrected chi connectivity index (χ4v) is 3.33. The van der Waals surface area contributed by atoms with E-state index in [2.05, 4.69) is 20.1 Å². The predicted molar refractivity (Wildman–Crippen MR) is 87.8 cm³/mol. The summed E-state index contributed by atoms with van der Waals surface area (Å²) >= 11 is 0. The zero-order chi connectivity index (χ0) is 16.5. The minimum atomic E-state index is -0.0523. The van der Waals surface area contributed by atoms with Crippen LogP contribution >= 0.6 is 0 Å². The zero-order valence-corrected chi connectivity index (χ0v) is 13.5. The van der Waals surface area contributed by atoms with Gasteiger partial charge in [0.15, 0.2) is 5.82 Å². The van der Waals surface area contributed by atoms with Crippen molar-refractivity contribution in [3.63, 3.8) is 0 Å². The molecule has 124 valence electrons. The highest BCUT2D eigenvalue weighted by Crippen LogP contribution is 2.27. The van der Waals surface area contributed by atoms with Gasteiger partial charge in [-0.25, -0.2) is 0 Å². The Hall–Kier alpha value is -2.54. The molecule has 0 radical (unpaired) electrons. The van der Waals surface area contributed by atoms with Gasteiger partial charge in [0.05, 0.1) is 24.4 Å². The number of fused-ring (bicyclic) bond motifs is 1. The molecule has 1 amide bonds. The van der Waals surface area contributed by atoms with Gasteiger partial charge in [0, 0.05) is 25.8 Å². The normalized spacial score (nSPS) is 23.2. The van der Waals surface area contributed by atoms with E-state index in [1.165, 1.54) is 0 Å². The van der Waals surface area contributed by atoms with Crippen LogP contribution in [0.3, 0.4) is 0 Å². The van der Waals surface area contributed by atoms with Crippen molar-refractivity contribution in [1.29, 1.82) is 0 Å². The number of aromatic nitrogens is 3. The fraction of sp³-hybridized carbons (Fsp3) is 0.412. The van der Waals surface area contributed by atoms with Crippen LogP contribution in [0.2, 0.25) is 0 Å². The molecule has 0 N–H and O–H groups in total. The SMILES string of the molecule is Cc1ccc(N2CCO[C@H]3CN(C(=O)c4ccccn4)C[C@H]32)nn1. The summed E-state index contributed by atoms with van der Waals surface area (Å²) in [5.74, 6) is 0.787. The number of amides is 1. The molecule has 7 heteroatoms. The maximum absolute atomic E-state index is 12.6. The minimum absolute atomic E-state index is 0.00508. The highest BCUT2D eigenvalue weighted by molar-refractivity contribution is 5.92. The summed E-state index contributed by atoms with van der Waals surface area (Å²) < 4.78 is 5.89. The Morgan fingerprint density at radius 1 is 1.21 bits per heavy atom. The number of hydrogen-bond donors (Lipinski definition) is 0. The van der Waals surface area contributed by atoms with Crippen molar-refractivity contribution >= 4 is 11.7 Å². The molecule has 0 aromatic carbocycles.